The molecule has 1 unspecified atom stereocenters. The first-order valence-electron chi connectivity index (χ1n) is 7.47. The van der Waals surface area contributed by atoms with Crippen LogP contribution in [0.25, 0.3) is 0 Å². The first-order valence-corrected chi connectivity index (χ1v) is 7.47. The number of hydrogen-bond acceptors (Lipinski definition) is 5. The molecule has 0 bridgehead atoms. The van der Waals surface area contributed by atoms with Crippen molar-refractivity contribution in [1.29, 1.82) is 0 Å². The summed E-state index contributed by atoms with van der Waals surface area (Å²) in [5, 5.41) is 3.47. The fourth-order valence-electron chi connectivity index (χ4n) is 2.36. The van der Waals surface area contributed by atoms with Crippen molar-refractivity contribution in [2.24, 2.45) is 0 Å². The van der Waals surface area contributed by atoms with E-state index in [0.717, 1.165) is 32.8 Å². The minimum atomic E-state index is 0.649. The second-order valence-electron chi connectivity index (χ2n) is 4.90. The fourth-order valence-corrected chi connectivity index (χ4v) is 2.36. The normalized spacial score (nSPS) is 20.8. The Kier molecular flexibility index (Phi) is 10.3. The van der Waals surface area contributed by atoms with Gasteiger partial charge in [-0.05, 0) is 6.42 Å². The summed E-state index contributed by atoms with van der Waals surface area (Å²) in [5.74, 6) is 0. The Morgan fingerprint density at radius 1 is 1.11 bits per heavy atom. The van der Waals surface area contributed by atoms with Gasteiger partial charge in [-0.25, -0.2) is 0 Å². The molecule has 1 saturated heterocycles. The first-order chi connectivity index (χ1) is 9.38. The van der Waals surface area contributed by atoms with Crippen LogP contribution in [0, 0.1) is 0 Å². The van der Waals surface area contributed by atoms with E-state index < -0.39 is 0 Å². The Hall–Kier alpha value is -0.200. The van der Waals surface area contributed by atoms with Gasteiger partial charge in [0.15, 0.2) is 0 Å². The highest BCUT2D eigenvalue weighted by atomic mass is 16.5. The molecule has 1 rings (SSSR count). The lowest BCUT2D eigenvalue weighted by atomic mass is 10.1. The molecule has 1 fully saturated rings. The van der Waals surface area contributed by atoms with Crippen LogP contribution in [0.4, 0.5) is 0 Å². The van der Waals surface area contributed by atoms with E-state index in [-0.39, 0.29) is 0 Å². The highest BCUT2D eigenvalue weighted by Gasteiger charge is 2.20. The summed E-state index contributed by atoms with van der Waals surface area (Å²) in [6.07, 6.45) is 2.52. The smallest absolute Gasteiger partial charge is 0.0701 e. The number of rotatable bonds is 11. The molecule has 1 aliphatic rings. The minimum absolute atomic E-state index is 0.649. The predicted molar refractivity (Wildman–Crippen MR) is 76.7 cm³/mol. The third-order valence-electron chi connectivity index (χ3n) is 3.42. The Morgan fingerprint density at radius 3 is 2.58 bits per heavy atom. The lowest BCUT2D eigenvalue weighted by Crippen LogP contribution is -2.52. The van der Waals surface area contributed by atoms with Gasteiger partial charge in [-0.2, -0.15) is 0 Å². The highest BCUT2D eigenvalue weighted by Crippen LogP contribution is 2.08. The molecular formula is C14H30N2O3. The molecule has 0 saturated carbocycles. The lowest BCUT2D eigenvalue weighted by Gasteiger charge is -2.36. The standard InChI is InChI=1S/C14H30N2O3/c1-3-4-14-13-15-5-6-16(14)7-8-18-11-12-19-10-9-17-2/h14-15H,3-13H2,1-2H3. The molecule has 1 aliphatic heterocycles. The van der Waals surface area contributed by atoms with Gasteiger partial charge in [0.05, 0.1) is 33.0 Å². The second kappa shape index (κ2) is 11.6. The average Bonchev–Trinajstić information content (AvgIpc) is 2.44. The monoisotopic (exact) mass is 274 g/mol. The van der Waals surface area contributed by atoms with E-state index in [1.165, 1.54) is 12.8 Å². The van der Waals surface area contributed by atoms with Crippen molar-refractivity contribution in [3.8, 4) is 0 Å². The molecule has 0 aromatic heterocycles. The van der Waals surface area contributed by atoms with E-state index in [0.29, 0.717) is 32.5 Å². The van der Waals surface area contributed by atoms with Crippen molar-refractivity contribution in [2.75, 3.05) is 66.3 Å². The summed E-state index contributed by atoms with van der Waals surface area (Å²) < 4.78 is 15.9. The number of methoxy groups -OCH3 is 1. The topological polar surface area (TPSA) is 43.0 Å². The third kappa shape index (κ3) is 7.84. The molecule has 1 atom stereocenters. The SMILES string of the molecule is CCCC1CNCCN1CCOCCOCCOC. The predicted octanol–water partition coefficient (Wildman–Crippen LogP) is 0.740. The molecule has 1 N–H and O–H groups in total. The van der Waals surface area contributed by atoms with Crippen molar-refractivity contribution < 1.29 is 14.2 Å². The zero-order chi connectivity index (χ0) is 13.8. The number of nitrogens with one attached hydrogen (secondary N) is 1. The van der Waals surface area contributed by atoms with E-state index in [1.807, 2.05) is 0 Å². The number of ether oxygens (including phenoxy) is 3. The van der Waals surface area contributed by atoms with Crippen molar-refractivity contribution >= 4 is 0 Å². The van der Waals surface area contributed by atoms with Gasteiger partial charge in [-0.1, -0.05) is 13.3 Å². The molecule has 0 radical (unpaired) electrons. The van der Waals surface area contributed by atoms with Crippen LogP contribution in [0.15, 0.2) is 0 Å². The van der Waals surface area contributed by atoms with Gasteiger partial charge in [0.2, 0.25) is 0 Å². The quantitative estimate of drug-likeness (QED) is 0.563. The van der Waals surface area contributed by atoms with Gasteiger partial charge in [-0.15, -0.1) is 0 Å². The summed E-state index contributed by atoms with van der Waals surface area (Å²) in [4.78, 5) is 2.55. The maximum absolute atomic E-state index is 5.62. The summed E-state index contributed by atoms with van der Waals surface area (Å²) in [7, 11) is 1.68. The minimum Gasteiger partial charge on any atom is -0.382 e. The summed E-state index contributed by atoms with van der Waals surface area (Å²) >= 11 is 0. The number of nitrogens with zero attached hydrogens (tertiary/aromatic N) is 1. The van der Waals surface area contributed by atoms with Crippen LogP contribution in [0.3, 0.4) is 0 Å². The van der Waals surface area contributed by atoms with E-state index in [2.05, 4.69) is 17.1 Å². The van der Waals surface area contributed by atoms with E-state index in [9.17, 15) is 0 Å². The van der Waals surface area contributed by atoms with Gasteiger partial charge >= 0.3 is 0 Å². The molecule has 0 amide bonds. The first kappa shape index (κ1) is 16.9. The number of hydrogen-bond donors (Lipinski definition) is 1. The maximum Gasteiger partial charge on any atom is 0.0701 e. The Morgan fingerprint density at radius 2 is 1.84 bits per heavy atom. The Labute approximate surface area is 117 Å². The molecule has 19 heavy (non-hydrogen) atoms. The molecule has 5 heteroatoms. The van der Waals surface area contributed by atoms with Crippen LogP contribution in [0.5, 0.6) is 0 Å². The van der Waals surface area contributed by atoms with Crippen molar-refractivity contribution in [3.05, 3.63) is 0 Å². The molecule has 0 aromatic rings. The van der Waals surface area contributed by atoms with Crippen LogP contribution in [-0.4, -0.2) is 77.3 Å². The largest absolute Gasteiger partial charge is 0.382 e. The van der Waals surface area contributed by atoms with E-state index in [4.69, 9.17) is 14.2 Å². The lowest BCUT2D eigenvalue weighted by molar-refractivity contribution is 0.0143. The summed E-state index contributed by atoms with van der Waals surface area (Å²) in [6.45, 7) is 10.1. The van der Waals surface area contributed by atoms with Crippen molar-refractivity contribution in [3.63, 3.8) is 0 Å². The second-order valence-corrected chi connectivity index (χ2v) is 4.90. The number of piperazine rings is 1. The van der Waals surface area contributed by atoms with Crippen LogP contribution >= 0.6 is 0 Å². The van der Waals surface area contributed by atoms with Gasteiger partial charge in [0.25, 0.3) is 0 Å². The molecule has 1 heterocycles. The van der Waals surface area contributed by atoms with Gasteiger partial charge in [0, 0.05) is 39.3 Å². The van der Waals surface area contributed by atoms with Crippen molar-refractivity contribution in [1.82, 2.24) is 10.2 Å². The Bertz CT molecular complexity index is 203. The van der Waals surface area contributed by atoms with Crippen LogP contribution in [0.2, 0.25) is 0 Å². The highest BCUT2D eigenvalue weighted by molar-refractivity contribution is 4.79. The zero-order valence-corrected chi connectivity index (χ0v) is 12.5. The molecule has 114 valence electrons. The van der Waals surface area contributed by atoms with Gasteiger partial charge < -0.3 is 19.5 Å². The van der Waals surface area contributed by atoms with Gasteiger partial charge in [0.1, 0.15) is 0 Å². The van der Waals surface area contributed by atoms with Crippen molar-refractivity contribution in [2.45, 2.75) is 25.8 Å². The maximum atomic E-state index is 5.62. The molecule has 0 aliphatic carbocycles. The summed E-state index contributed by atoms with van der Waals surface area (Å²) in [6, 6.07) is 0.681. The fraction of sp³-hybridized carbons (Fsp3) is 1.00. The third-order valence-corrected chi connectivity index (χ3v) is 3.42. The van der Waals surface area contributed by atoms with Crippen LogP contribution in [0.1, 0.15) is 19.8 Å². The molecular weight excluding hydrogens is 244 g/mol. The Balaban J connectivity index is 1.97. The van der Waals surface area contributed by atoms with Gasteiger partial charge in [-0.3, -0.25) is 4.90 Å². The molecule has 0 spiro atoms. The molecule has 0 aromatic carbocycles. The summed E-state index contributed by atoms with van der Waals surface area (Å²) in [5.41, 5.74) is 0. The van der Waals surface area contributed by atoms with E-state index >= 15 is 0 Å². The average molecular weight is 274 g/mol. The van der Waals surface area contributed by atoms with Crippen LogP contribution in [-0.2, 0) is 14.2 Å². The van der Waals surface area contributed by atoms with E-state index in [1.54, 1.807) is 7.11 Å². The zero-order valence-electron chi connectivity index (χ0n) is 12.5. The van der Waals surface area contributed by atoms with Crippen LogP contribution < -0.4 is 5.32 Å². The molecule has 5 nitrogen and oxygen atoms in total.